The van der Waals surface area contributed by atoms with Crippen LogP contribution in [0.1, 0.15) is 51.6 Å². The standard InChI is InChI=1S/C18H28N2O2/c1-18(2,3)22-17(21)20-13-9-8-12-15(20)16(19-4)14-10-6-5-7-11-14/h5-7,10-11,15-16,19H,8-9,12-13H2,1-4H3/t15-,16-/m1/s1. The summed E-state index contributed by atoms with van der Waals surface area (Å²) in [5.74, 6) is 0. The Labute approximate surface area is 133 Å². The highest BCUT2D eigenvalue weighted by molar-refractivity contribution is 5.69. The van der Waals surface area contributed by atoms with Gasteiger partial charge >= 0.3 is 6.09 Å². The molecule has 4 nitrogen and oxygen atoms in total. The number of piperidine rings is 1. The average Bonchev–Trinajstić information content (AvgIpc) is 2.48. The molecule has 0 radical (unpaired) electrons. The fourth-order valence-electron chi connectivity index (χ4n) is 3.09. The van der Waals surface area contributed by atoms with Gasteiger partial charge in [0.15, 0.2) is 0 Å². The first-order chi connectivity index (χ1) is 10.4. The first-order valence-electron chi connectivity index (χ1n) is 8.14. The molecule has 0 unspecified atom stereocenters. The number of hydrogen-bond acceptors (Lipinski definition) is 3. The lowest BCUT2D eigenvalue weighted by atomic mass is 9.91. The number of likely N-dealkylation sites (N-methyl/N-ethyl adjacent to an activating group) is 1. The van der Waals surface area contributed by atoms with E-state index in [9.17, 15) is 4.79 Å². The minimum absolute atomic E-state index is 0.133. The van der Waals surface area contributed by atoms with Gasteiger partial charge < -0.3 is 15.0 Å². The maximum Gasteiger partial charge on any atom is 0.410 e. The van der Waals surface area contributed by atoms with Crippen LogP contribution in [0.4, 0.5) is 4.79 Å². The summed E-state index contributed by atoms with van der Waals surface area (Å²) in [7, 11) is 1.96. The molecule has 1 saturated heterocycles. The van der Waals surface area contributed by atoms with Gasteiger partial charge in [0.05, 0.1) is 12.1 Å². The van der Waals surface area contributed by atoms with Crippen molar-refractivity contribution in [1.82, 2.24) is 10.2 Å². The van der Waals surface area contributed by atoms with E-state index in [1.54, 1.807) is 0 Å². The molecule has 1 N–H and O–H groups in total. The second-order valence-electron chi connectivity index (χ2n) is 6.91. The molecule has 2 rings (SSSR count). The van der Waals surface area contributed by atoms with Crippen LogP contribution in [-0.4, -0.2) is 36.2 Å². The van der Waals surface area contributed by atoms with Crippen molar-refractivity contribution in [3.8, 4) is 0 Å². The zero-order valence-corrected chi connectivity index (χ0v) is 14.1. The zero-order valence-electron chi connectivity index (χ0n) is 14.1. The molecule has 1 aromatic rings. The number of nitrogens with one attached hydrogen (secondary N) is 1. The lowest BCUT2D eigenvalue weighted by molar-refractivity contribution is 0.00498. The van der Waals surface area contributed by atoms with E-state index in [1.165, 1.54) is 5.56 Å². The average molecular weight is 304 g/mol. The van der Waals surface area contributed by atoms with E-state index in [0.29, 0.717) is 0 Å². The maximum absolute atomic E-state index is 12.6. The monoisotopic (exact) mass is 304 g/mol. The molecule has 0 spiro atoms. The van der Waals surface area contributed by atoms with Crippen molar-refractivity contribution in [1.29, 1.82) is 0 Å². The van der Waals surface area contributed by atoms with Crippen molar-refractivity contribution in [3.05, 3.63) is 35.9 Å². The van der Waals surface area contributed by atoms with Gasteiger partial charge in [0.25, 0.3) is 0 Å². The highest BCUT2D eigenvalue weighted by Gasteiger charge is 2.35. The predicted octanol–water partition coefficient (Wildman–Crippen LogP) is 3.74. The van der Waals surface area contributed by atoms with Crippen molar-refractivity contribution in [2.75, 3.05) is 13.6 Å². The summed E-state index contributed by atoms with van der Waals surface area (Å²) < 4.78 is 5.60. The minimum Gasteiger partial charge on any atom is -0.444 e. The largest absolute Gasteiger partial charge is 0.444 e. The van der Waals surface area contributed by atoms with Gasteiger partial charge in [-0.3, -0.25) is 0 Å². The van der Waals surface area contributed by atoms with Gasteiger partial charge in [0, 0.05) is 6.54 Å². The van der Waals surface area contributed by atoms with Gasteiger partial charge in [0.1, 0.15) is 5.60 Å². The molecule has 1 aliphatic heterocycles. The number of carbonyl (C=O) groups excluding carboxylic acids is 1. The molecule has 1 heterocycles. The van der Waals surface area contributed by atoms with Gasteiger partial charge in [0.2, 0.25) is 0 Å². The van der Waals surface area contributed by atoms with E-state index in [1.807, 2.05) is 50.9 Å². The molecule has 0 saturated carbocycles. The zero-order chi connectivity index (χ0) is 16.2. The van der Waals surface area contributed by atoms with Crippen LogP contribution < -0.4 is 5.32 Å². The molecule has 0 aliphatic carbocycles. The third-order valence-corrected chi connectivity index (χ3v) is 4.03. The van der Waals surface area contributed by atoms with Crippen LogP contribution in [0.2, 0.25) is 0 Å². The van der Waals surface area contributed by atoms with Crippen molar-refractivity contribution in [3.63, 3.8) is 0 Å². The highest BCUT2D eigenvalue weighted by atomic mass is 16.6. The molecular weight excluding hydrogens is 276 g/mol. The Kier molecular flexibility index (Phi) is 5.46. The lowest BCUT2D eigenvalue weighted by Gasteiger charge is -2.41. The Morgan fingerprint density at radius 2 is 1.95 bits per heavy atom. The Hall–Kier alpha value is -1.55. The van der Waals surface area contributed by atoms with Gasteiger partial charge in [-0.2, -0.15) is 0 Å². The number of amides is 1. The predicted molar refractivity (Wildman–Crippen MR) is 88.8 cm³/mol. The van der Waals surface area contributed by atoms with Gasteiger partial charge in [-0.15, -0.1) is 0 Å². The van der Waals surface area contributed by atoms with Crippen molar-refractivity contribution < 1.29 is 9.53 Å². The number of ether oxygens (including phenoxy) is 1. The van der Waals surface area contributed by atoms with Gasteiger partial charge in [-0.25, -0.2) is 4.79 Å². The molecule has 0 aromatic heterocycles. The molecule has 0 bridgehead atoms. The number of benzene rings is 1. The van der Waals surface area contributed by atoms with Crippen LogP contribution in [-0.2, 0) is 4.74 Å². The van der Waals surface area contributed by atoms with Crippen LogP contribution in [0.15, 0.2) is 30.3 Å². The number of nitrogens with zero attached hydrogens (tertiary/aromatic N) is 1. The SMILES string of the molecule is CN[C@H](c1ccccc1)[C@H]1CCCCN1C(=O)OC(C)(C)C. The summed E-state index contributed by atoms with van der Waals surface area (Å²) in [5, 5.41) is 3.39. The second kappa shape index (κ2) is 7.14. The number of rotatable bonds is 3. The summed E-state index contributed by atoms with van der Waals surface area (Å²) in [4.78, 5) is 14.5. The third kappa shape index (κ3) is 4.23. The van der Waals surface area contributed by atoms with Crippen LogP contribution in [0, 0.1) is 0 Å². The molecule has 1 fully saturated rings. The van der Waals surface area contributed by atoms with Crippen molar-refractivity contribution in [2.45, 2.75) is 57.7 Å². The van der Waals surface area contributed by atoms with Crippen molar-refractivity contribution >= 4 is 6.09 Å². The lowest BCUT2D eigenvalue weighted by Crippen LogP contribution is -2.51. The first-order valence-corrected chi connectivity index (χ1v) is 8.14. The number of likely N-dealkylation sites (tertiary alicyclic amines) is 1. The number of carbonyl (C=O) groups is 1. The van der Waals surface area contributed by atoms with E-state index < -0.39 is 5.60 Å². The molecule has 1 amide bonds. The highest BCUT2D eigenvalue weighted by Crippen LogP contribution is 2.29. The Morgan fingerprint density at radius 1 is 1.27 bits per heavy atom. The Balaban J connectivity index is 2.19. The van der Waals surface area contributed by atoms with Crippen LogP contribution in [0.5, 0.6) is 0 Å². The van der Waals surface area contributed by atoms with E-state index in [-0.39, 0.29) is 18.2 Å². The Bertz CT molecular complexity index is 482. The topological polar surface area (TPSA) is 41.6 Å². The minimum atomic E-state index is -0.457. The molecule has 4 heteroatoms. The summed E-state index contributed by atoms with van der Waals surface area (Å²) in [5.41, 5.74) is 0.756. The second-order valence-corrected chi connectivity index (χ2v) is 6.91. The Morgan fingerprint density at radius 3 is 2.55 bits per heavy atom. The quantitative estimate of drug-likeness (QED) is 0.925. The fourth-order valence-corrected chi connectivity index (χ4v) is 3.09. The molecular formula is C18H28N2O2. The fraction of sp³-hybridized carbons (Fsp3) is 0.611. The van der Waals surface area contributed by atoms with E-state index in [0.717, 1.165) is 25.8 Å². The molecule has 1 aromatic carbocycles. The van der Waals surface area contributed by atoms with Crippen LogP contribution in [0.3, 0.4) is 0 Å². The van der Waals surface area contributed by atoms with Crippen LogP contribution in [0.25, 0.3) is 0 Å². The van der Waals surface area contributed by atoms with E-state index in [2.05, 4.69) is 17.4 Å². The normalized spacial score (nSPS) is 20.5. The van der Waals surface area contributed by atoms with Gasteiger partial charge in [-0.05, 0) is 52.6 Å². The maximum atomic E-state index is 12.6. The molecule has 22 heavy (non-hydrogen) atoms. The van der Waals surface area contributed by atoms with Crippen molar-refractivity contribution in [2.24, 2.45) is 0 Å². The van der Waals surface area contributed by atoms with Crippen LogP contribution >= 0.6 is 0 Å². The third-order valence-electron chi connectivity index (χ3n) is 4.03. The summed E-state index contributed by atoms with van der Waals surface area (Å²) in [6.07, 6.45) is 2.99. The summed E-state index contributed by atoms with van der Waals surface area (Å²) in [6.45, 7) is 6.51. The number of hydrogen-bond donors (Lipinski definition) is 1. The molecule has 1 aliphatic rings. The van der Waals surface area contributed by atoms with E-state index in [4.69, 9.17) is 4.74 Å². The summed E-state index contributed by atoms with van der Waals surface area (Å²) >= 11 is 0. The molecule has 2 atom stereocenters. The first kappa shape index (κ1) is 16.8. The summed E-state index contributed by atoms with van der Waals surface area (Å²) in [6, 6.07) is 10.6. The smallest absolute Gasteiger partial charge is 0.410 e. The van der Waals surface area contributed by atoms with Gasteiger partial charge in [-0.1, -0.05) is 30.3 Å². The molecule has 122 valence electrons. The van der Waals surface area contributed by atoms with E-state index >= 15 is 0 Å².